The summed E-state index contributed by atoms with van der Waals surface area (Å²) in [7, 11) is -3.38. The molecule has 2 fully saturated rings. The van der Waals surface area contributed by atoms with E-state index in [-0.39, 0.29) is 30.6 Å². The Labute approximate surface area is 245 Å². The number of aromatic amines is 1. The minimum Gasteiger partial charge on any atom is -0.468 e. The number of rotatable bonds is 10. The second-order valence-electron chi connectivity index (χ2n) is 9.78. The zero-order chi connectivity index (χ0) is 30.7. The number of esters is 1. The Balaban J connectivity index is 1.56. The van der Waals surface area contributed by atoms with Crippen LogP contribution in [0.3, 0.4) is 0 Å². The van der Waals surface area contributed by atoms with E-state index >= 15 is 0 Å². The van der Waals surface area contributed by atoms with E-state index in [1.54, 1.807) is 0 Å². The smallest absolute Gasteiger partial charge is 0.459 e. The summed E-state index contributed by atoms with van der Waals surface area (Å²) in [6, 6.07) is 3.39. The number of hydrogen-bond donors (Lipinski definition) is 3. The van der Waals surface area contributed by atoms with E-state index < -0.39 is 67.3 Å². The van der Waals surface area contributed by atoms with Crippen LogP contribution < -0.4 is 20.9 Å². The van der Waals surface area contributed by atoms with Gasteiger partial charge in [0, 0.05) is 12.6 Å². The second-order valence-corrected chi connectivity index (χ2v) is 12.0. The minimum absolute atomic E-state index is 0.0962. The van der Waals surface area contributed by atoms with E-state index in [0.717, 1.165) is 35.9 Å². The van der Waals surface area contributed by atoms with E-state index in [1.807, 2.05) is 0 Å². The average Bonchev–Trinajstić information content (AvgIpc) is 3.55. The molecule has 2 heterocycles. The van der Waals surface area contributed by atoms with Gasteiger partial charge in [-0.2, -0.15) is 18.3 Å². The summed E-state index contributed by atoms with van der Waals surface area (Å²) in [5, 5.41) is 13.3. The number of carbonyl (C=O) groups excluding carboxylic acids is 1. The van der Waals surface area contributed by atoms with Crippen molar-refractivity contribution in [2.75, 3.05) is 13.7 Å². The number of aliphatic hydroxyl groups is 1. The SMILES string of the molecule is COC(=O)C1(NP(=O)(OC[C@H]2O[C@@H](n3cc(C=CBr)c(=O)[nH]c3=O)CC2O)Oc2ccc(C(F)(F)F)cc2)CCCC1. The minimum atomic E-state index is -4.61. The van der Waals surface area contributed by atoms with Crippen molar-refractivity contribution in [1.29, 1.82) is 0 Å². The number of nitrogens with zero attached hydrogens (tertiary/aromatic N) is 1. The van der Waals surface area contributed by atoms with Crippen molar-refractivity contribution in [2.24, 2.45) is 0 Å². The quantitative estimate of drug-likeness (QED) is 0.248. The molecule has 2 aliphatic rings. The largest absolute Gasteiger partial charge is 0.468 e. The van der Waals surface area contributed by atoms with Crippen LogP contribution in [-0.4, -0.2) is 52.1 Å². The first kappa shape index (κ1) is 32.2. The highest BCUT2D eigenvalue weighted by Gasteiger charge is 2.49. The van der Waals surface area contributed by atoms with Crippen LogP contribution in [0.5, 0.6) is 5.75 Å². The van der Waals surface area contributed by atoms with Crippen molar-refractivity contribution >= 4 is 35.7 Å². The van der Waals surface area contributed by atoms with Crippen LogP contribution in [0, 0.1) is 0 Å². The first-order valence-electron chi connectivity index (χ1n) is 12.7. The van der Waals surface area contributed by atoms with E-state index in [2.05, 4.69) is 26.0 Å². The lowest BCUT2D eigenvalue weighted by atomic mass is 10.00. The zero-order valence-electron chi connectivity index (χ0n) is 22.1. The summed E-state index contributed by atoms with van der Waals surface area (Å²) in [5.41, 5.74) is -3.70. The number of benzene rings is 1. The van der Waals surface area contributed by atoms with Crippen LogP contribution >= 0.6 is 23.7 Å². The number of halogens is 4. The Morgan fingerprint density at radius 1 is 1.29 bits per heavy atom. The molecule has 4 rings (SSSR count). The molecule has 42 heavy (non-hydrogen) atoms. The third-order valence-electron chi connectivity index (χ3n) is 6.95. The molecule has 0 spiro atoms. The highest BCUT2D eigenvalue weighted by Crippen LogP contribution is 2.50. The molecule has 2 aromatic rings. The zero-order valence-corrected chi connectivity index (χ0v) is 24.6. The lowest BCUT2D eigenvalue weighted by Crippen LogP contribution is -2.50. The summed E-state index contributed by atoms with van der Waals surface area (Å²) in [6.45, 7) is -0.563. The Morgan fingerprint density at radius 2 is 1.95 bits per heavy atom. The predicted molar refractivity (Wildman–Crippen MR) is 146 cm³/mol. The van der Waals surface area contributed by atoms with Crippen molar-refractivity contribution in [2.45, 2.75) is 62.3 Å². The van der Waals surface area contributed by atoms with Gasteiger partial charge in [0.25, 0.3) is 5.56 Å². The number of alkyl halides is 3. The summed E-state index contributed by atoms with van der Waals surface area (Å²) < 4.78 is 76.0. The second kappa shape index (κ2) is 12.9. The molecule has 1 aromatic carbocycles. The van der Waals surface area contributed by atoms with E-state index in [4.69, 9.17) is 18.5 Å². The summed E-state index contributed by atoms with van der Waals surface area (Å²) >= 11 is 3.06. The number of hydrogen-bond acceptors (Lipinski definition) is 9. The lowest BCUT2D eigenvalue weighted by molar-refractivity contribution is -0.147. The van der Waals surface area contributed by atoms with Crippen LogP contribution in [0.2, 0.25) is 0 Å². The van der Waals surface area contributed by atoms with Gasteiger partial charge in [-0.1, -0.05) is 28.8 Å². The Bertz CT molecular complexity index is 1470. The van der Waals surface area contributed by atoms with Gasteiger partial charge in [0.05, 0.1) is 30.9 Å². The molecule has 12 nitrogen and oxygen atoms in total. The Morgan fingerprint density at radius 3 is 2.55 bits per heavy atom. The highest BCUT2D eigenvalue weighted by molar-refractivity contribution is 9.11. The number of methoxy groups -OCH3 is 1. The normalized spacial score (nSPS) is 23.6. The van der Waals surface area contributed by atoms with Crippen LogP contribution in [0.1, 0.15) is 49.5 Å². The van der Waals surface area contributed by atoms with Crippen molar-refractivity contribution in [3.63, 3.8) is 0 Å². The van der Waals surface area contributed by atoms with Gasteiger partial charge in [-0.15, -0.1) is 0 Å². The summed E-state index contributed by atoms with van der Waals surface area (Å²) in [4.78, 5) is 40.7. The molecule has 4 atom stereocenters. The van der Waals surface area contributed by atoms with Gasteiger partial charge in [-0.3, -0.25) is 23.7 Å². The molecule has 2 unspecified atom stereocenters. The topological polar surface area (TPSA) is 158 Å². The van der Waals surface area contributed by atoms with Crippen LogP contribution in [0.25, 0.3) is 6.08 Å². The predicted octanol–water partition coefficient (Wildman–Crippen LogP) is 3.85. The van der Waals surface area contributed by atoms with Crippen molar-refractivity contribution in [3.05, 3.63) is 67.4 Å². The molecule has 0 radical (unpaired) electrons. The van der Waals surface area contributed by atoms with Gasteiger partial charge in [0.15, 0.2) is 0 Å². The average molecular weight is 682 g/mol. The molecule has 0 bridgehead atoms. The highest BCUT2D eigenvalue weighted by atomic mass is 79.9. The number of H-pyrrole nitrogens is 1. The summed E-state index contributed by atoms with van der Waals surface area (Å²) in [6.07, 6.45) is -3.80. The van der Waals surface area contributed by atoms with Crippen LogP contribution in [0.4, 0.5) is 13.2 Å². The number of aliphatic hydroxyl groups excluding tert-OH is 1. The molecule has 1 aliphatic carbocycles. The summed E-state index contributed by atoms with van der Waals surface area (Å²) in [5.74, 6) is -0.961. The fourth-order valence-corrected chi connectivity index (χ4v) is 6.86. The number of ether oxygens (including phenoxy) is 2. The van der Waals surface area contributed by atoms with Crippen molar-refractivity contribution in [1.82, 2.24) is 14.6 Å². The molecule has 1 aromatic heterocycles. The van der Waals surface area contributed by atoms with Gasteiger partial charge in [-0.05, 0) is 48.2 Å². The standard InChI is InChI=1S/C25H28BrF3N3O9P/c1-38-22(35)24(9-2-3-10-24)31-42(37,41-17-6-4-16(5-7-17)25(27,28)29)39-14-19-18(33)12-20(40-19)32-13-15(8-11-26)21(34)30-23(32)36/h4-8,11,13,18-20,33H,2-3,9-10,12,14H2,1H3,(H,31,37)(H,30,34,36)/t18?,19-,20-,42?/m1/s1. The van der Waals surface area contributed by atoms with Crippen LogP contribution in [-0.2, 0) is 29.5 Å². The molecule has 17 heteroatoms. The number of aromatic nitrogens is 2. The third-order valence-corrected chi connectivity index (χ3v) is 8.86. The van der Waals surface area contributed by atoms with Crippen molar-refractivity contribution < 1.29 is 46.2 Å². The van der Waals surface area contributed by atoms with Gasteiger partial charge in [0.2, 0.25) is 0 Å². The fraction of sp³-hybridized carbons (Fsp3) is 0.480. The monoisotopic (exact) mass is 681 g/mol. The molecule has 1 saturated carbocycles. The van der Waals surface area contributed by atoms with Crippen LogP contribution in [0.15, 0.2) is 45.0 Å². The maximum atomic E-state index is 14.0. The molecule has 1 saturated heterocycles. The first-order chi connectivity index (χ1) is 19.8. The Kier molecular flexibility index (Phi) is 9.85. The van der Waals surface area contributed by atoms with E-state index in [1.165, 1.54) is 17.3 Å². The first-order valence-corrected chi connectivity index (χ1v) is 15.2. The lowest BCUT2D eigenvalue weighted by Gasteiger charge is -2.32. The van der Waals surface area contributed by atoms with Gasteiger partial charge in [-0.25, -0.2) is 9.36 Å². The molecular formula is C25H28BrF3N3O9P. The molecular weight excluding hydrogens is 654 g/mol. The maximum absolute atomic E-state index is 14.0. The molecule has 0 amide bonds. The maximum Gasteiger partial charge on any atom is 0.459 e. The molecule has 1 aliphatic heterocycles. The fourth-order valence-electron chi connectivity index (χ4n) is 4.83. The van der Waals surface area contributed by atoms with E-state index in [9.17, 15) is 37.2 Å². The van der Waals surface area contributed by atoms with Gasteiger partial charge < -0.3 is 19.1 Å². The Hall–Kier alpha value is -2.75. The third kappa shape index (κ3) is 7.24. The number of nitrogens with one attached hydrogen (secondary N) is 2. The molecule has 3 N–H and O–H groups in total. The van der Waals surface area contributed by atoms with Gasteiger partial charge in [0.1, 0.15) is 23.6 Å². The molecule has 230 valence electrons. The van der Waals surface area contributed by atoms with Crippen molar-refractivity contribution in [3.8, 4) is 5.75 Å². The van der Waals surface area contributed by atoms with E-state index in [0.29, 0.717) is 12.8 Å². The van der Waals surface area contributed by atoms with Gasteiger partial charge >= 0.3 is 25.6 Å². The number of carbonyl (C=O) groups is 1.